The van der Waals surface area contributed by atoms with Gasteiger partial charge in [0.05, 0.1) is 17.6 Å². The Kier molecular flexibility index (Phi) is 5.77. The van der Waals surface area contributed by atoms with Crippen molar-refractivity contribution in [3.63, 3.8) is 0 Å². The lowest BCUT2D eigenvalue weighted by molar-refractivity contribution is 0.303. The van der Waals surface area contributed by atoms with Crippen molar-refractivity contribution < 1.29 is 4.74 Å². The molecule has 28 heavy (non-hydrogen) atoms. The van der Waals surface area contributed by atoms with E-state index in [1.807, 2.05) is 0 Å². The molecule has 0 amide bonds. The molecule has 2 aromatic heterocycles. The number of unbranched alkanes of at least 4 members (excludes halogenated alkanes) is 1. The Bertz CT molecular complexity index is 1050. The van der Waals surface area contributed by atoms with E-state index in [1.165, 1.54) is 21.5 Å². The first kappa shape index (κ1) is 18.8. The van der Waals surface area contributed by atoms with Gasteiger partial charge in [-0.2, -0.15) is 0 Å². The largest absolute Gasteiger partial charge is 0.494 e. The van der Waals surface area contributed by atoms with Crippen LogP contribution in [0, 0.1) is 13.8 Å². The maximum absolute atomic E-state index is 5.94. The molecule has 0 aliphatic rings. The fourth-order valence-corrected chi connectivity index (χ4v) is 4.15. The van der Waals surface area contributed by atoms with Gasteiger partial charge in [-0.05, 0) is 73.5 Å². The molecule has 0 radical (unpaired) electrons. The summed E-state index contributed by atoms with van der Waals surface area (Å²) in [6.07, 6.45) is 2.99. The monoisotopic (exact) mass is 390 g/mol. The highest BCUT2D eigenvalue weighted by molar-refractivity contribution is 7.09. The molecule has 2 heterocycles. The zero-order valence-electron chi connectivity index (χ0n) is 16.5. The van der Waals surface area contributed by atoms with E-state index in [2.05, 4.69) is 78.4 Å². The number of rotatable bonds is 8. The Hall–Kier alpha value is -2.59. The normalized spacial score (nSPS) is 11.2. The van der Waals surface area contributed by atoms with Crippen LogP contribution in [-0.4, -0.2) is 16.2 Å². The Morgan fingerprint density at radius 2 is 1.86 bits per heavy atom. The summed E-state index contributed by atoms with van der Waals surface area (Å²) in [5, 5.41) is 2.13. The first-order chi connectivity index (χ1) is 13.7. The molecule has 0 bridgehead atoms. The molecule has 4 aromatic rings. The van der Waals surface area contributed by atoms with Crippen LogP contribution in [0.4, 0.5) is 0 Å². The van der Waals surface area contributed by atoms with Gasteiger partial charge in [0.1, 0.15) is 11.6 Å². The molecule has 4 heteroatoms. The molecular formula is C24H26N2OS. The summed E-state index contributed by atoms with van der Waals surface area (Å²) < 4.78 is 8.32. The highest BCUT2D eigenvalue weighted by atomic mass is 32.1. The second-order valence-corrected chi connectivity index (χ2v) is 8.26. The first-order valence-electron chi connectivity index (χ1n) is 9.87. The van der Waals surface area contributed by atoms with Crippen LogP contribution in [0.3, 0.4) is 0 Å². The van der Waals surface area contributed by atoms with Crippen molar-refractivity contribution in [3.8, 4) is 5.75 Å². The average molecular weight is 391 g/mol. The molecule has 144 valence electrons. The summed E-state index contributed by atoms with van der Waals surface area (Å²) in [6.45, 7) is 5.97. The number of ether oxygens (including phenoxy) is 1. The molecule has 0 aliphatic carbocycles. The highest BCUT2D eigenvalue weighted by Gasteiger charge is 2.11. The number of nitrogens with zero attached hydrogens (tertiary/aromatic N) is 2. The minimum atomic E-state index is 0.745. The fraction of sp³-hybridized carbons (Fsp3) is 0.292. The Balaban J connectivity index is 1.39. The summed E-state index contributed by atoms with van der Waals surface area (Å²) in [4.78, 5) is 6.25. The van der Waals surface area contributed by atoms with Gasteiger partial charge in [0, 0.05) is 17.8 Å². The van der Waals surface area contributed by atoms with Crippen LogP contribution < -0.4 is 4.74 Å². The molecule has 0 fully saturated rings. The maximum atomic E-state index is 5.94. The van der Waals surface area contributed by atoms with Gasteiger partial charge in [0.25, 0.3) is 0 Å². The van der Waals surface area contributed by atoms with E-state index in [0.717, 1.165) is 49.5 Å². The Morgan fingerprint density at radius 1 is 0.964 bits per heavy atom. The van der Waals surface area contributed by atoms with Gasteiger partial charge >= 0.3 is 0 Å². The molecule has 0 aliphatic heterocycles. The smallest absolute Gasteiger partial charge is 0.119 e. The van der Waals surface area contributed by atoms with Crippen LogP contribution in [-0.2, 0) is 13.0 Å². The third kappa shape index (κ3) is 4.28. The molecule has 0 unspecified atom stereocenters. The number of fused-ring (bicyclic) bond motifs is 1. The van der Waals surface area contributed by atoms with Crippen molar-refractivity contribution in [2.75, 3.05) is 6.61 Å². The zero-order valence-corrected chi connectivity index (χ0v) is 17.3. The molecule has 2 aromatic carbocycles. The van der Waals surface area contributed by atoms with Crippen LogP contribution in [0.5, 0.6) is 5.75 Å². The van der Waals surface area contributed by atoms with E-state index in [1.54, 1.807) is 11.3 Å². The third-order valence-electron chi connectivity index (χ3n) is 5.17. The summed E-state index contributed by atoms with van der Waals surface area (Å²) in [5.41, 5.74) is 4.89. The van der Waals surface area contributed by atoms with Crippen LogP contribution >= 0.6 is 11.3 Å². The molecule has 4 rings (SSSR count). The highest BCUT2D eigenvalue weighted by Crippen LogP contribution is 2.21. The van der Waals surface area contributed by atoms with Gasteiger partial charge in [-0.3, -0.25) is 0 Å². The standard InChI is InChI=1S/C24H26N2OS/c1-18-11-12-20(16-19(18)2)27-14-6-5-13-26-23-10-4-3-9-22(23)25-24(26)17-21-8-7-15-28-21/h3-4,7-12,15-16H,5-6,13-14,17H2,1-2H3. The van der Waals surface area contributed by atoms with E-state index >= 15 is 0 Å². The Labute approximate surface area is 170 Å². The molecular weight excluding hydrogens is 364 g/mol. The van der Waals surface area contributed by atoms with Crippen molar-refractivity contribution >= 4 is 22.4 Å². The Morgan fingerprint density at radius 3 is 2.68 bits per heavy atom. The topological polar surface area (TPSA) is 27.1 Å². The number of hydrogen-bond donors (Lipinski definition) is 0. The number of imidazole rings is 1. The summed E-state index contributed by atoms with van der Waals surface area (Å²) in [6, 6.07) is 19.0. The van der Waals surface area contributed by atoms with Gasteiger partial charge in [-0.25, -0.2) is 4.98 Å². The van der Waals surface area contributed by atoms with Crippen LogP contribution in [0.1, 0.15) is 34.7 Å². The predicted molar refractivity (Wildman–Crippen MR) is 118 cm³/mol. The maximum Gasteiger partial charge on any atom is 0.119 e. The molecule has 0 atom stereocenters. The quantitative estimate of drug-likeness (QED) is 0.337. The van der Waals surface area contributed by atoms with Gasteiger partial charge in [-0.1, -0.05) is 24.3 Å². The second kappa shape index (κ2) is 8.61. The lowest BCUT2D eigenvalue weighted by atomic mass is 10.1. The number of aryl methyl sites for hydroxylation is 3. The number of para-hydroxylation sites is 2. The van der Waals surface area contributed by atoms with Gasteiger partial charge in [0.2, 0.25) is 0 Å². The molecule has 0 N–H and O–H groups in total. The zero-order chi connectivity index (χ0) is 19.3. The average Bonchev–Trinajstić information content (AvgIpc) is 3.32. The van der Waals surface area contributed by atoms with Crippen molar-refractivity contribution in [3.05, 3.63) is 81.8 Å². The van der Waals surface area contributed by atoms with Crippen molar-refractivity contribution in [2.24, 2.45) is 0 Å². The number of thiophene rings is 1. The molecule has 0 saturated carbocycles. The first-order valence-corrected chi connectivity index (χ1v) is 10.8. The van der Waals surface area contributed by atoms with Gasteiger partial charge in [-0.15, -0.1) is 11.3 Å². The van der Waals surface area contributed by atoms with Crippen LogP contribution in [0.25, 0.3) is 11.0 Å². The SMILES string of the molecule is Cc1ccc(OCCCCn2c(Cc3cccs3)nc3ccccc32)cc1C. The van der Waals surface area contributed by atoms with E-state index in [-0.39, 0.29) is 0 Å². The minimum absolute atomic E-state index is 0.745. The van der Waals surface area contributed by atoms with E-state index < -0.39 is 0 Å². The van der Waals surface area contributed by atoms with Gasteiger partial charge in [0.15, 0.2) is 0 Å². The molecule has 3 nitrogen and oxygen atoms in total. The number of benzene rings is 2. The second-order valence-electron chi connectivity index (χ2n) is 7.23. The lowest BCUT2D eigenvalue weighted by Gasteiger charge is -2.10. The van der Waals surface area contributed by atoms with E-state index in [9.17, 15) is 0 Å². The van der Waals surface area contributed by atoms with Crippen LogP contribution in [0.15, 0.2) is 60.0 Å². The van der Waals surface area contributed by atoms with Gasteiger partial charge < -0.3 is 9.30 Å². The summed E-state index contributed by atoms with van der Waals surface area (Å²) in [7, 11) is 0. The van der Waals surface area contributed by atoms with Crippen molar-refractivity contribution in [1.82, 2.24) is 9.55 Å². The molecule has 0 spiro atoms. The van der Waals surface area contributed by atoms with Crippen LogP contribution in [0.2, 0.25) is 0 Å². The third-order valence-corrected chi connectivity index (χ3v) is 6.05. The summed E-state index contributed by atoms with van der Waals surface area (Å²) >= 11 is 1.79. The molecule has 0 saturated heterocycles. The number of hydrogen-bond acceptors (Lipinski definition) is 3. The summed E-state index contributed by atoms with van der Waals surface area (Å²) in [5.74, 6) is 2.12. The fourth-order valence-electron chi connectivity index (χ4n) is 3.44. The minimum Gasteiger partial charge on any atom is -0.494 e. The lowest BCUT2D eigenvalue weighted by Crippen LogP contribution is -2.06. The van der Waals surface area contributed by atoms with Crippen molar-refractivity contribution in [1.29, 1.82) is 0 Å². The van der Waals surface area contributed by atoms with E-state index in [4.69, 9.17) is 9.72 Å². The predicted octanol–water partition coefficient (Wildman–Crippen LogP) is 6.16. The number of aromatic nitrogens is 2. The van der Waals surface area contributed by atoms with Crippen molar-refractivity contribution in [2.45, 2.75) is 39.7 Å². The van der Waals surface area contributed by atoms with E-state index in [0.29, 0.717) is 0 Å².